The van der Waals surface area contributed by atoms with Crippen molar-refractivity contribution < 1.29 is 14.3 Å². The molecule has 1 amide bonds. The Morgan fingerprint density at radius 2 is 1.95 bits per heavy atom. The number of carbonyl (C=O) groups is 1. The number of nitrogens with zero attached hydrogens (tertiary/aromatic N) is 1. The molecule has 5 heteroatoms. The first kappa shape index (κ1) is 16.3. The van der Waals surface area contributed by atoms with Crippen LogP contribution in [0.15, 0.2) is 18.2 Å². The van der Waals surface area contributed by atoms with Crippen LogP contribution in [0.2, 0.25) is 0 Å². The van der Waals surface area contributed by atoms with E-state index in [1.54, 1.807) is 26.2 Å². The van der Waals surface area contributed by atoms with Gasteiger partial charge in [-0.25, -0.2) is 0 Å². The van der Waals surface area contributed by atoms with Crippen molar-refractivity contribution in [2.24, 2.45) is 5.73 Å². The van der Waals surface area contributed by atoms with Gasteiger partial charge < -0.3 is 20.1 Å². The first-order valence-corrected chi connectivity index (χ1v) is 6.68. The van der Waals surface area contributed by atoms with Gasteiger partial charge in [0.2, 0.25) is 5.91 Å². The monoisotopic (exact) mass is 280 g/mol. The lowest BCUT2D eigenvalue weighted by Crippen LogP contribution is -2.32. The van der Waals surface area contributed by atoms with E-state index >= 15 is 0 Å². The van der Waals surface area contributed by atoms with Crippen LogP contribution in [0, 0.1) is 0 Å². The van der Waals surface area contributed by atoms with Crippen LogP contribution in [-0.2, 0) is 11.2 Å². The zero-order valence-electron chi connectivity index (χ0n) is 12.7. The summed E-state index contributed by atoms with van der Waals surface area (Å²) in [5.41, 5.74) is 6.60. The quantitative estimate of drug-likeness (QED) is 0.821. The molecule has 20 heavy (non-hydrogen) atoms. The molecule has 1 aromatic rings. The summed E-state index contributed by atoms with van der Waals surface area (Å²) in [4.78, 5) is 13.8. The van der Waals surface area contributed by atoms with Gasteiger partial charge in [0, 0.05) is 19.6 Å². The number of nitrogens with two attached hydrogens (primary N) is 1. The number of likely N-dealkylation sites (N-methyl/N-ethyl adjacent to an activating group) is 1. The fourth-order valence-electron chi connectivity index (χ4n) is 1.82. The summed E-state index contributed by atoms with van der Waals surface area (Å²) in [7, 11) is 4.97. The maximum atomic E-state index is 12.1. The molecule has 0 aliphatic rings. The molecule has 0 saturated carbocycles. The van der Waals surface area contributed by atoms with Crippen molar-refractivity contribution in [1.29, 1.82) is 0 Å². The van der Waals surface area contributed by atoms with Gasteiger partial charge in [-0.05, 0) is 31.0 Å². The molecule has 0 radical (unpaired) electrons. The van der Waals surface area contributed by atoms with Gasteiger partial charge in [0.1, 0.15) is 0 Å². The molecule has 1 aromatic carbocycles. The average Bonchev–Trinajstić information content (AvgIpc) is 2.44. The Bertz CT molecular complexity index is 447. The molecule has 1 atom stereocenters. The van der Waals surface area contributed by atoms with E-state index in [0.29, 0.717) is 24.5 Å². The van der Waals surface area contributed by atoms with Gasteiger partial charge in [-0.3, -0.25) is 4.79 Å². The van der Waals surface area contributed by atoms with Crippen LogP contribution in [0.25, 0.3) is 0 Å². The number of rotatable bonds is 7. The summed E-state index contributed by atoms with van der Waals surface area (Å²) >= 11 is 0. The highest BCUT2D eigenvalue weighted by Gasteiger charge is 2.12. The minimum Gasteiger partial charge on any atom is -0.493 e. The van der Waals surface area contributed by atoms with Crippen molar-refractivity contribution in [1.82, 2.24) is 4.90 Å². The van der Waals surface area contributed by atoms with Crippen LogP contribution in [0.5, 0.6) is 11.5 Å². The molecule has 0 aliphatic carbocycles. The van der Waals surface area contributed by atoms with Crippen molar-refractivity contribution in [2.45, 2.75) is 25.8 Å². The van der Waals surface area contributed by atoms with E-state index in [1.807, 2.05) is 25.1 Å². The largest absolute Gasteiger partial charge is 0.493 e. The third kappa shape index (κ3) is 4.74. The molecular formula is C15H24N2O3. The van der Waals surface area contributed by atoms with Gasteiger partial charge in [-0.1, -0.05) is 6.07 Å². The van der Waals surface area contributed by atoms with Crippen LogP contribution in [-0.4, -0.2) is 44.7 Å². The van der Waals surface area contributed by atoms with Gasteiger partial charge in [-0.15, -0.1) is 0 Å². The molecule has 2 N–H and O–H groups in total. The maximum Gasteiger partial charge on any atom is 0.226 e. The topological polar surface area (TPSA) is 64.8 Å². The highest BCUT2D eigenvalue weighted by molar-refractivity contribution is 5.78. The molecule has 5 nitrogen and oxygen atoms in total. The molecule has 0 fully saturated rings. The first-order valence-electron chi connectivity index (χ1n) is 6.68. The number of hydrogen-bond acceptors (Lipinski definition) is 4. The number of amides is 1. The minimum absolute atomic E-state index is 0.0675. The minimum atomic E-state index is 0.0675. The molecule has 0 aliphatic heterocycles. The third-order valence-corrected chi connectivity index (χ3v) is 3.15. The lowest BCUT2D eigenvalue weighted by molar-refractivity contribution is -0.129. The van der Waals surface area contributed by atoms with Crippen molar-refractivity contribution in [3.05, 3.63) is 23.8 Å². The average molecular weight is 280 g/mol. The number of benzene rings is 1. The highest BCUT2D eigenvalue weighted by atomic mass is 16.5. The standard InChI is InChI=1S/C15H24N2O3/c1-11(16)7-8-17(2)15(18)10-12-5-6-13(19-3)14(9-12)20-4/h5-6,9,11H,7-8,10,16H2,1-4H3. The summed E-state index contributed by atoms with van der Waals surface area (Å²) in [6.07, 6.45) is 1.14. The number of methoxy groups -OCH3 is 2. The van der Waals surface area contributed by atoms with E-state index in [-0.39, 0.29) is 11.9 Å². The Morgan fingerprint density at radius 3 is 2.50 bits per heavy atom. The Kier molecular flexibility index (Phi) is 6.31. The van der Waals surface area contributed by atoms with Gasteiger partial charge in [0.25, 0.3) is 0 Å². The number of hydrogen-bond donors (Lipinski definition) is 1. The zero-order valence-corrected chi connectivity index (χ0v) is 12.7. The fourth-order valence-corrected chi connectivity index (χ4v) is 1.82. The Morgan fingerprint density at radius 1 is 1.30 bits per heavy atom. The molecule has 0 bridgehead atoms. The van der Waals surface area contributed by atoms with Crippen LogP contribution in [0.4, 0.5) is 0 Å². The van der Waals surface area contributed by atoms with Crippen molar-refractivity contribution >= 4 is 5.91 Å². The van der Waals surface area contributed by atoms with Gasteiger partial charge in [0.05, 0.1) is 20.6 Å². The second-order valence-electron chi connectivity index (χ2n) is 4.95. The highest BCUT2D eigenvalue weighted by Crippen LogP contribution is 2.27. The van der Waals surface area contributed by atoms with Gasteiger partial charge in [0.15, 0.2) is 11.5 Å². The molecule has 0 aromatic heterocycles. The van der Waals surface area contributed by atoms with Gasteiger partial charge in [-0.2, -0.15) is 0 Å². The van der Waals surface area contributed by atoms with Gasteiger partial charge >= 0.3 is 0 Å². The van der Waals surface area contributed by atoms with Crippen LogP contribution >= 0.6 is 0 Å². The molecule has 1 unspecified atom stereocenters. The smallest absolute Gasteiger partial charge is 0.226 e. The Labute approximate surface area is 120 Å². The molecule has 0 spiro atoms. The summed E-state index contributed by atoms with van der Waals surface area (Å²) in [5, 5.41) is 0. The van der Waals surface area contributed by atoms with Crippen molar-refractivity contribution in [2.75, 3.05) is 27.8 Å². The lowest BCUT2D eigenvalue weighted by Gasteiger charge is -2.18. The third-order valence-electron chi connectivity index (χ3n) is 3.15. The second kappa shape index (κ2) is 7.75. The molecular weight excluding hydrogens is 256 g/mol. The van der Waals surface area contributed by atoms with Crippen LogP contribution in [0.1, 0.15) is 18.9 Å². The van der Waals surface area contributed by atoms with E-state index in [2.05, 4.69) is 0 Å². The van der Waals surface area contributed by atoms with E-state index in [4.69, 9.17) is 15.2 Å². The van der Waals surface area contributed by atoms with E-state index < -0.39 is 0 Å². The van der Waals surface area contributed by atoms with E-state index in [0.717, 1.165) is 12.0 Å². The molecule has 1 rings (SSSR count). The summed E-state index contributed by atoms with van der Waals surface area (Å²) in [6.45, 7) is 2.61. The van der Waals surface area contributed by atoms with E-state index in [1.165, 1.54) is 0 Å². The van der Waals surface area contributed by atoms with Crippen LogP contribution < -0.4 is 15.2 Å². The Balaban J connectivity index is 2.66. The zero-order chi connectivity index (χ0) is 15.1. The van der Waals surface area contributed by atoms with E-state index in [9.17, 15) is 4.79 Å². The summed E-state index contributed by atoms with van der Waals surface area (Å²) < 4.78 is 10.4. The second-order valence-corrected chi connectivity index (χ2v) is 4.95. The molecule has 0 saturated heterocycles. The Hall–Kier alpha value is -1.75. The molecule has 0 heterocycles. The normalized spacial score (nSPS) is 11.8. The summed E-state index contributed by atoms with van der Waals surface area (Å²) in [6, 6.07) is 5.62. The number of carbonyl (C=O) groups excluding carboxylic acids is 1. The SMILES string of the molecule is COc1ccc(CC(=O)N(C)CCC(C)N)cc1OC. The molecule has 112 valence electrons. The van der Waals surface area contributed by atoms with Crippen molar-refractivity contribution in [3.63, 3.8) is 0 Å². The number of ether oxygens (including phenoxy) is 2. The maximum absolute atomic E-state index is 12.1. The fraction of sp³-hybridized carbons (Fsp3) is 0.533. The summed E-state index contributed by atoms with van der Waals surface area (Å²) in [5.74, 6) is 1.36. The lowest BCUT2D eigenvalue weighted by atomic mass is 10.1. The first-order chi connectivity index (χ1) is 9.47. The van der Waals surface area contributed by atoms with Crippen LogP contribution in [0.3, 0.4) is 0 Å². The predicted molar refractivity (Wildman–Crippen MR) is 79.2 cm³/mol. The predicted octanol–water partition coefficient (Wildman–Crippen LogP) is 1.44. The van der Waals surface area contributed by atoms with Crippen molar-refractivity contribution in [3.8, 4) is 11.5 Å².